The predicted octanol–water partition coefficient (Wildman–Crippen LogP) is 2.64. The zero-order valence-electron chi connectivity index (χ0n) is 8.36. The fourth-order valence-corrected chi connectivity index (χ4v) is 1.82. The van der Waals surface area contributed by atoms with Crippen molar-refractivity contribution in [2.45, 2.75) is 33.6 Å². The Labute approximate surface area is 70.1 Å². The van der Waals surface area contributed by atoms with Crippen LogP contribution in [0.1, 0.15) is 33.6 Å². The lowest BCUT2D eigenvalue weighted by Gasteiger charge is -2.29. The topological polar surface area (TPSA) is 3.24 Å². The highest BCUT2D eigenvalue weighted by Crippen LogP contribution is 2.40. The summed E-state index contributed by atoms with van der Waals surface area (Å²) in [5.41, 5.74) is 3.52. The van der Waals surface area contributed by atoms with Gasteiger partial charge < -0.3 is 4.90 Å². The van der Waals surface area contributed by atoms with E-state index in [4.69, 9.17) is 0 Å². The van der Waals surface area contributed by atoms with Crippen molar-refractivity contribution in [2.24, 2.45) is 5.41 Å². The van der Waals surface area contributed by atoms with Crippen LogP contribution in [0.5, 0.6) is 0 Å². The van der Waals surface area contributed by atoms with Crippen molar-refractivity contribution >= 4 is 0 Å². The molecule has 0 aromatic heterocycles. The van der Waals surface area contributed by atoms with Gasteiger partial charge in [-0.2, -0.15) is 0 Å². The standard InChI is InChI=1S/C10H19N/c1-10(2,3)9(11(4)5)8-6-7-8/h6-7H2,1-5H3. The molecule has 0 unspecified atom stereocenters. The molecule has 1 heteroatoms. The molecule has 0 amide bonds. The molecule has 0 radical (unpaired) electrons. The average Bonchev–Trinajstić information content (AvgIpc) is 2.42. The molecule has 11 heavy (non-hydrogen) atoms. The molecule has 0 saturated heterocycles. The second kappa shape index (κ2) is 2.54. The third kappa shape index (κ3) is 1.98. The molecule has 1 fully saturated rings. The normalized spacial score (nSPS) is 16.6. The molecule has 1 aliphatic rings. The zero-order chi connectivity index (χ0) is 8.65. The molecule has 0 aromatic carbocycles. The molecular weight excluding hydrogens is 134 g/mol. The number of nitrogens with zero attached hydrogens (tertiary/aromatic N) is 1. The Morgan fingerprint density at radius 1 is 1.18 bits per heavy atom. The van der Waals surface area contributed by atoms with Gasteiger partial charge in [0.25, 0.3) is 0 Å². The van der Waals surface area contributed by atoms with Crippen LogP contribution in [0.3, 0.4) is 0 Å². The summed E-state index contributed by atoms with van der Waals surface area (Å²) in [6.07, 6.45) is 2.65. The van der Waals surface area contributed by atoms with Crippen molar-refractivity contribution in [1.29, 1.82) is 0 Å². The van der Waals surface area contributed by atoms with E-state index in [1.807, 2.05) is 0 Å². The van der Waals surface area contributed by atoms with Gasteiger partial charge in [0, 0.05) is 25.2 Å². The molecule has 0 heterocycles. The van der Waals surface area contributed by atoms with E-state index in [9.17, 15) is 0 Å². The van der Waals surface area contributed by atoms with Crippen LogP contribution >= 0.6 is 0 Å². The Balaban J connectivity index is 2.86. The summed E-state index contributed by atoms with van der Waals surface area (Å²) >= 11 is 0. The number of hydrogen-bond donors (Lipinski definition) is 0. The van der Waals surface area contributed by atoms with E-state index in [2.05, 4.69) is 39.8 Å². The first-order chi connectivity index (χ1) is 4.93. The van der Waals surface area contributed by atoms with E-state index >= 15 is 0 Å². The molecule has 1 rings (SSSR count). The monoisotopic (exact) mass is 153 g/mol. The highest BCUT2D eigenvalue weighted by atomic mass is 15.1. The van der Waals surface area contributed by atoms with Gasteiger partial charge in [0.15, 0.2) is 0 Å². The summed E-state index contributed by atoms with van der Waals surface area (Å²) in [6, 6.07) is 0. The van der Waals surface area contributed by atoms with E-state index < -0.39 is 0 Å². The second-order valence-corrected chi connectivity index (χ2v) is 4.60. The van der Waals surface area contributed by atoms with Crippen LogP contribution in [0, 0.1) is 5.41 Å². The van der Waals surface area contributed by atoms with Crippen LogP contribution in [0.25, 0.3) is 0 Å². The van der Waals surface area contributed by atoms with Crippen LogP contribution in [-0.2, 0) is 0 Å². The molecule has 0 bridgehead atoms. The molecule has 1 nitrogen and oxygen atoms in total. The highest BCUT2D eigenvalue weighted by Gasteiger charge is 2.27. The first-order valence-corrected chi connectivity index (χ1v) is 4.33. The Morgan fingerprint density at radius 2 is 1.64 bits per heavy atom. The lowest BCUT2D eigenvalue weighted by Crippen LogP contribution is -2.23. The lowest BCUT2D eigenvalue weighted by molar-refractivity contribution is 0.350. The van der Waals surface area contributed by atoms with Gasteiger partial charge in [0.05, 0.1) is 0 Å². The van der Waals surface area contributed by atoms with E-state index in [0.29, 0.717) is 5.41 Å². The second-order valence-electron chi connectivity index (χ2n) is 4.60. The molecule has 1 aliphatic carbocycles. The largest absolute Gasteiger partial charge is 0.381 e. The first kappa shape index (κ1) is 8.63. The quantitative estimate of drug-likeness (QED) is 0.560. The van der Waals surface area contributed by atoms with Crippen molar-refractivity contribution in [1.82, 2.24) is 4.90 Å². The molecule has 0 N–H and O–H groups in total. The van der Waals surface area contributed by atoms with Gasteiger partial charge >= 0.3 is 0 Å². The van der Waals surface area contributed by atoms with E-state index in [0.717, 1.165) is 0 Å². The molecular formula is C10H19N. The third-order valence-electron chi connectivity index (χ3n) is 1.99. The van der Waals surface area contributed by atoms with Gasteiger partial charge in [-0.05, 0) is 18.4 Å². The molecule has 0 aliphatic heterocycles. The summed E-state index contributed by atoms with van der Waals surface area (Å²) < 4.78 is 0. The maximum Gasteiger partial charge on any atom is 0.0174 e. The summed E-state index contributed by atoms with van der Waals surface area (Å²) in [4.78, 5) is 2.27. The smallest absolute Gasteiger partial charge is 0.0174 e. The summed E-state index contributed by atoms with van der Waals surface area (Å²) in [5.74, 6) is 0. The minimum absolute atomic E-state index is 0.329. The van der Waals surface area contributed by atoms with Crippen molar-refractivity contribution in [3.8, 4) is 0 Å². The Kier molecular flexibility index (Phi) is 2.00. The maximum absolute atomic E-state index is 2.29. The maximum atomic E-state index is 2.29. The van der Waals surface area contributed by atoms with Gasteiger partial charge in [-0.3, -0.25) is 0 Å². The van der Waals surface area contributed by atoms with E-state index in [1.54, 1.807) is 5.57 Å². The molecule has 0 atom stereocenters. The fourth-order valence-electron chi connectivity index (χ4n) is 1.82. The van der Waals surface area contributed by atoms with Crippen molar-refractivity contribution < 1.29 is 0 Å². The summed E-state index contributed by atoms with van der Waals surface area (Å²) in [7, 11) is 4.29. The van der Waals surface area contributed by atoms with Crippen LogP contribution < -0.4 is 0 Å². The molecule has 64 valence electrons. The van der Waals surface area contributed by atoms with Crippen molar-refractivity contribution in [3.63, 3.8) is 0 Å². The van der Waals surface area contributed by atoms with Crippen LogP contribution in [0.15, 0.2) is 11.3 Å². The van der Waals surface area contributed by atoms with Gasteiger partial charge in [-0.25, -0.2) is 0 Å². The molecule has 0 aromatic rings. The number of hydrogen-bond acceptors (Lipinski definition) is 1. The van der Waals surface area contributed by atoms with Crippen molar-refractivity contribution in [2.75, 3.05) is 14.1 Å². The number of allylic oxidation sites excluding steroid dienone is 2. The van der Waals surface area contributed by atoms with Gasteiger partial charge in [0.2, 0.25) is 0 Å². The van der Waals surface area contributed by atoms with Crippen molar-refractivity contribution in [3.05, 3.63) is 11.3 Å². The van der Waals surface area contributed by atoms with Gasteiger partial charge in [0.1, 0.15) is 0 Å². The Bertz CT molecular complexity index is 176. The fraction of sp³-hybridized carbons (Fsp3) is 0.800. The van der Waals surface area contributed by atoms with Crippen LogP contribution in [-0.4, -0.2) is 19.0 Å². The predicted molar refractivity (Wildman–Crippen MR) is 49.4 cm³/mol. The highest BCUT2D eigenvalue weighted by molar-refractivity contribution is 5.27. The van der Waals surface area contributed by atoms with E-state index in [1.165, 1.54) is 18.5 Å². The van der Waals surface area contributed by atoms with Crippen LogP contribution in [0.2, 0.25) is 0 Å². The minimum Gasteiger partial charge on any atom is -0.381 e. The van der Waals surface area contributed by atoms with Gasteiger partial charge in [-0.1, -0.05) is 20.8 Å². The zero-order valence-corrected chi connectivity index (χ0v) is 8.36. The average molecular weight is 153 g/mol. The lowest BCUT2D eigenvalue weighted by atomic mass is 9.90. The minimum atomic E-state index is 0.329. The Morgan fingerprint density at radius 3 is 1.73 bits per heavy atom. The molecule has 1 saturated carbocycles. The third-order valence-corrected chi connectivity index (χ3v) is 1.99. The Hall–Kier alpha value is -0.460. The SMILES string of the molecule is CN(C)C(=C1CC1)C(C)(C)C. The number of rotatable bonds is 1. The van der Waals surface area contributed by atoms with Gasteiger partial charge in [-0.15, -0.1) is 0 Å². The summed E-state index contributed by atoms with van der Waals surface area (Å²) in [6.45, 7) is 6.86. The first-order valence-electron chi connectivity index (χ1n) is 4.33. The van der Waals surface area contributed by atoms with E-state index in [-0.39, 0.29) is 0 Å². The summed E-state index contributed by atoms with van der Waals surface area (Å²) in [5, 5.41) is 0. The van der Waals surface area contributed by atoms with Crippen LogP contribution in [0.4, 0.5) is 0 Å². The molecule has 0 spiro atoms.